The SMILES string of the molecule is CN(Cc1ccncc1)Cc1ccccc1C#N. The van der Waals surface area contributed by atoms with Crippen LogP contribution in [0.1, 0.15) is 16.7 Å². The molecule has 18 heavy (non-hydrogen) atoms. The molecule has 90 valence electrons. The Labute approximate surface area is 107 Å². The number of hydrogen-bond donors (Lipinski definition) is 0. The lowest BCUT2D eigenvalue weighted by atomic mass is 10.1. The van der Waals surface area contributed by atoms with Crippen LogP contribution < -0.4 is 0 Å². The molecule has 0 saturated heterocycles. The molecule has 0 aliphatic heterocycles. The Bertz CT molecular complexity index is 543. The molecule has 0 spiro atoms. The molecule has 0 N–H and O–H groups in total. The van der Waals surface area contributed by atoms with E-state index in [4.69, 9.17) is 5.26 Å². The number of nitrogens with zero attached hydrogens (tertiary/aromatic N) is 3. The first-order valence-corrected chi connectivity index (χ1v) is 5.85. The Morgan fingerprint density at radius 1 is 1.11 bits per heavy atom. The van der Waals surface area contributed by atoms with Crippen molar-refractivity contribution in [3.8, 4) is 6.07 Å². The molecule has 0 saturated carbocycles. The molecule has 0 amide bonds. The van der Waals surface area contributed by atoms with E-state index in [1.807, 2.05) is 36.4 Å². The smallest absolute Gasteiger partial charge is 0.0995 e. The summed E-state index contributed by atoms with van der Waals surface area (Å²) in [5.74, 6) is 0. The molecule has 0 radical (unpaired) electrons. The maximum Gasteiger partial charge on any atom is 0.0995 e. The van der Waals surface area contributed by atoms with E-state index in [-0.39, 0.29) is 0 Å². The summed E-state index contributed by atoms with van der Waals surface area (Å²) in [5.41, 5.74) is 3.04. The molecule has 0 fully saturated rings. The fourth-order valence-electron chi connectivity index (χ4n) is 1.91. The third-order valence-electron chi connectivity index (χ3n) is 2.78. The van der Waals surface area contributed by atoms with Crippen molar-refractivity contribution in [2.24, 2.45) is 0 Å². The standard InChI is InChI=1S/C15H15N3/c1-18(11-13-6-8-17-9-7-13)12-15-5-3-2-4-14(15)10-16/h2-9H,11-12H2,1H3. The molecule has 0 unspecified atom stereocenters. The van der Waals surface area contributed by atoms with Crippen LogP contribution in [0.5, 0.6) is 0 Å². The summed E-state index contributed by atoms with van der Waals surface area (Å²) in [7, 11) is 2.05. The second-order valence-corrected chi connectivity index (χ2v) is 4.30. The van der Waals surface area contributed by atoms with Gasteiger partial charge in [-0.05, 0) is 36.4 Å². The average molecular weight is 237 g/mol. The van der Waals surface area contributed by atoms with Crippen molar-refractivity contribution in [1.29, 1.82) is 5.26 Å². The van der Waals surface area contributed by atoms with Crippen LogP contribution in [0.15, 0.2) is 48.8 Å². The number of hydrogen-bond acceptors (Lipinski definition) is 3. The van der Waals surface area contributed by atoms with Gasteiger partial charge in [-0.15, -0.1) is 0 Å². The van der Waals surface area contributed by atoms with Crippen molar-refractivity contribution < 1.29 is 0 Å². The second-order valence-electron chi connectivity index (χ2n) is 4.30. The molecule has 1 heterocycles. The van der Waals surface area contributed by atoms with Crippen LogP contribution in [0.4, 0.5) is 0 Å². The Morgan fingerprint density at radius 2 is 1.83 bits per heavy atom. The van der Waals surface area contributed by atoms with E-state index in [1.54, 1.807) is 12.4 Å². The monoisotopic (exact) mass is 237 g/mol. The van der Waals surface area contributed by atoms with Gasteiger partial charge in [-0.3, -0.25) is 9.88 Å². The number of benzene rings is 1. The lowest BCUT2D eigenvalue weighted by Gasteiger charge is -2.17. The van der Waals surface area contributed by atoms with Crippen molar-refractivity contribution in [2.75, 3.05) is 7.05 Å². The summed E-state index contributed by atoms with van der Waals surface area (Å²) in [5, 5.41) is 9.04. The summed E-state index contributed by atoms with van der Waals surface area (Å²) in [6.07, 6.45) is 3.60. The maximum absolute atomic E-state index is 9.04. The fourth-order valence-corrected chi connectivity index (χ4v) is 1.91. The first-order chi connectivity index (χ1) is 8.79. The van der Waals surface area contributed by atoms with E-state index in [0.29, 0.717) is 0 Å². The van der Waals surface area contributed by atoms with Crippen LogP contribution >= 0.6 is 0 Å². The van der Waals surface area contributed by atoms with Gasteiger partial charge in [-0.2, -0.15) is 5.26 Å². The molecular formula is C15H15N3. The minimum Gasteiger partial charge on any atom is -0.298 e. The van der Waals surface area contributed by atoms with E-state index >= 15 is 0 Å². The van der Waals surface area contributed by atoms with Crippen molar-refractivity contribution in [3.05, 3.63) is 65.5 Å². The van der Waals surface area contributed by atoms with E-state index in [1.165, 1.54) is 5.56 Å². The predicted octanol–water partition coefficient (Wildman–Crippen LogP) is 2.59. The molecule has 1 aromatic heterocycles. The van der Waals surface area contributed by atoms with Gasteiger partial charge >= 0.3 is 0 Å². The van der Waals surface area contributed by atoms with Gasteiger partial charge < -0.3 is 0 Å². The van der Waals surface area contributed by atoms with Gasteiger partial charge in [0.2, 0.25) is 0 Å². The number of pyridine rings is 1. The Hall–Kier alpha value is -2.18. The largest absolute Gasteiger partial charge is 0.298 e. The minimum atomic E-state index is 0.749. The number of aromatic nitrogens is 1. The molecule has 0 aliphatic rings. The van der Waals surface area contributed by atoms with Crippen LogP contribution in [-0.2, 0) is 13.1 Å². The van der Waals surface area contributed by atoms with Gasteiger partial charge in [0.05, 0.1) is 11.6 Å². The molecule has 0 atom stereocenters. The highest BCUT2D eigenvalue weighted by atomic mass is 15.1. The van der Waals surface area contributed by atoms with Crippen molar-refractivity contribution >= 4 is 0 Å². The van der Waals surface area contributed by atoms with Gasteiger partial charge in [0.1, 0.15) is 0 Å². The molecule has 3 nitrogen and oxygen atoms in total. The molecule has 0 bridgehead atoms. The van der Waals surface area contributed by atoms with Gasteiger partial charge in [-0.25, -0.2) is 0 Å². The first kappa shape index (κ1) is 12.3. The van der Waals surface area contributed by atoms with Gasteiger partial charge in [0, 0.05) is 25.5 Å². The zero-order valence-corrected chi connectivity index (χ0v) is 10.4. The van der Waals surface area contributed by atoms with E-state index in [2.05, 4.69) is 23.0 Å². The molecule has 2 aromatic rings. The summed E-state index contributed by atoms with van der Waals surface area (Å²) in [6.45, 7) is 1.62. The number of rotatable bonds is 4. The summed E-state index contributed by atoms with van der Waals surface area (Å²) < 4.78 is 0. The van der Waals surface area contributed by atoms with E-state index in [9.17, 15) is 0 Å². The first-order valence-electron chi connectivity index (χ1n) is 5.85. The quantitative estimate of drug-likeness (QED) is 0.820. The summed E-state index contributed by atoms with van der Waals surface area (Å²) >= 11 is 0. The summed E-state index contributed by atoms with van der Waals surface area (Å²) in [4.78, 5) is 6.19. The lowest BCUT2D eigenvalue weighted by Crippen LogP contribution is -2.17. The third kappa shape index (κ3) is 3.16. The molecule has 0 aliphatic carbocycles. The Morgan fingerprint density at radius 3 is 2.56 bits per heavy atom. The van der Waals surface area contributed by atoms with Gasteiger partial charge in [0.25, 0.3) is 0 Å². The maximum atomic E-state index is 9.04. The highest BCUT2D eigenvalue weighted by Gasteiger charge is 2.05. The van der Waals surface area contributed by atoms with Crippen molar-refractivity contribution in [1.82, 2.24) is 9.88 Å². The van der Waals surface area contributed by atoms with E-state index < -0.39 is 0 Å². The molecule has 3 heteroatoms. The Kier molecular flexibility index (Phi) is 4.06. The number of nitriles is 1. The van der Waals surface area contributed by atoms with Crippen LogP contribution in [0.3, 0.4) is 0 Å². The van der Waals surface area contributed by atoms with E-state index in [0.717, 1.165) is 24.2 Å². The van der Waals surface area contributed by atoms with Crippen molar-refractivity contribution in [2.45, 2.75) is 13.1 Å². The normalized spacial score (nSPS) is 10.3. The second kappa shape index (κ2) is 5.95. The highest BCUT2D eigenvalue weighted by molar-refractivity contribution is 5.37. The van der Waals surface area contributed by atoms with Gasteiger partial charge in [-0.1, -0.05) is 18.2 Å². The topological polar surface area (TPSA) is 39.9 Å². The minimum absolute atomic E-state index is 0.749. The van der Waals surface area contributed by atoms with Crippen LogP contribution in [0, 0.1) is 11.3 Å². The summed E-state index contributed by atoms with van der Waals surface area (Å²) in [6, 6.07) is 14.0. The van der Waals surface area contributed by atoms with Crippen molar-refractivity contribution in [3.63, 3.8) is 0 Å². The Balaban J connectivity index is 2.04. The molecule has 2 rings (SSSR count). The molecular weight excluding hydrogens is 222 g/mol. The third-order valence-corrected chi connectivity index (χ3v) is 2.78. The van der Waals surface area contributed by atoms with Crippen LogP contribution in [-0.4, -0.2) is 16.9 Å². The molecule has 1 aromatic carbocycles. The predicted molar refractivity (Wildman–Crippen MR) is 70.6 cm³/mol. The zero-order chi connectivity index (χ0) is 12.8. The average Bonchev–Trinajstić information content (AvgIpc) is 2.40. The highest BCUT2D eigenvalue weighted by Crippen LogP contribution is 2.11. The zero-order valence-electron chi connectivity index (χ0n) is 10.4. The lowest BCUT2D eigenvalue weighted by molar-refractivity contribution is 0.318. The van der Waals surface area contributed by atoms with Gasteiger partial charge in [0.15, 0.2) is 0 Å². The fraction of sp³-hybridized carbons (Fsp3) is 0.200. The van der Waals surface area contributed by atoms with Crippen LogP contribution in [0.2, 0.25) is 0 Å². The van der Waals surface area contributed by atoms with Crippen LogP contribution in [0.25, 0.3) is 0 Å².